The molecule has 6 nitrogen and oxygen atoms in total. The number of esters is 1. The van der Waals surface area contributed by atoms with E-state index in [-0.39, 0.29) is 17.3 Å². The summed E-state index contributed by atoms with van der Waals surface area (Å²) in [6.07, 6.45) is 4.42. The number of carbonyl (C=O) groups is 1. The van der Waals surface area contributed by atoms with Crippen LogP contribution in [0.25, 0.3) is 6.08 Å². The number of hydrogen-bond donors (Lipinski definition) is 0. The van der Waals surface area contributed by atoms with Crippen LogP contribution < -0.4 is 0 Å². The average molecular weight is 389 g/mol. The van der Waals surface area contributed by atoms with Crippen LogP contribution in [0.1, 0.15) is 11.1 Å². The third-order valence-corrected chi connectivity index (χ3v) is 3.99. The molecule has 8 heteroatoms. The summed E-state index contributed by atoms with van der Waals surface area (Å²) in [5, 5.41) is 11.7. The second-order valence-corrected chi connectivity index (χ2v) is 6.00. The molecule has 26 heavy (non-hydrogen) atoms. The maximum Gasteiger partial charge on any atom is 0.363 e. The number of carbonyl (C=O) groups excluding carboxylic acids is 1. The van der Waals surface area contributed by atoms with Gasteiger partial charge in [0.1, 0.15) is 0 Å². The van der Waals surface area contributed by atoms with E-state index in [0.29, 0.717) is 21.2 Å². The van der Waals surface area contributed by atoms with Gasteiger partial charge >= 0.3 is 5.97 Å². The van der Waals surface area contributed by atoms with Crippen molar-refractivity contribution in [3.05, 3.63) is 91.6 Å². The molecule has 0 aliphatic carbocycles. The molecule has 0 radical (unpaired) electrons. The summed E-state index contributed by atoms with van der Waals surface area (Å²) in [6.45, 7) is 0. The Morgan fingerprint density at radius 2 is 1.92 bits per heavy atom. The quantitative estimate of drug-likeness (QED) is 0.326. The Balaban J connectivity index is 1.86. The van der Waals surface area contributed by atoms with E-state index in [9.17, 15) is 14.9 Å². The molecular weight excluding hydrogens is 379 g/mol. The van der Waals surface area contributed by atoms with Crippen molar-refractivity contribution in [3.63, 3.8) is 0 Å². The fraction of sp³-hybridized carbons (Fsp3) is 0. The summed E-state index contributed by atoms with van der Waals surface area (Å²) in [5.41, 5.74) is 0.871. The van der Waals surface area contributed by atoms with Crippen LogP contribution in [0.4, 0.5) is 5.69 Å². The third kappa shape index (κ3) is 3.82. The van der Waals surface area contributed by atoms with Gasteiger partial charge in [-0.3, -0.25) is 10.1 Å². The minimum atomic E-state index is -0.641. The van der Waals surface area contributed by atoms with Gasteiger partial charge in [-0.15, -0.1) is 0 Å². The second-order valence-electron chi connectivity index (χ2n) is 5.16. The Morgan fingerprint density at radius 1 is 1.15 bits per heavy atom. The summed E-state index contributed by atoms with van der Waals surface area (Å²) >= 11 is 11.9. The summed E-state index contributed by atoms with van der Waals surface area (Å²) in [7, 11) is 0. The van der Waals surface area contributed by atoms with Crippen molar-refractivity contribution >= 4 is 46.8 Å². The molecule has 2 aromatic rings. The molecule has 1 aliphatic heterocycles. The van der Waals surface area contributed by atoms with Gasteiger partial charge in [-0.05, 0) is 36.4 Å². The van der Waals surface area contributed by atoms with Crippen LogP contribution in [0, 0.1) is 10.1 Å². The van der Waals surface area contributed by atoms with Crippen LogP contribution in [-0.2, 0) is 9.53 Å². The smallest absolute Gasteiger partial charge is 0.363 e. The van der Waals surface area contributed by atoms with Gasteiger partial charge < -0.3 is 4.74 Å². The highest BCUT2D eigenvalue weighted by Gasteiger charge is 2.25. The number of aliphatic imine (C=N–C) groups is 1. The lowest BCUT2D eigenvalue weighted by molar-refractivity contribution is -0.385. The van der Waals surface area contributed by atoms with E-state index in [1.165, 1.54) is 30.4 Å². The monoisotopic (exact) mass is 388 g/mol. The zero-order valence-corrected chi connectivity index (χ0v) is 14.6. The van der Waals surface area contributed by atoms with E-state index in [1.54, 1.807) is 30.3 Å². The topological polar surface area (TPSA) is 81.8 Å². The lowest BCUT2D eigenvalue weighted by Crippen LogP contribution is -2.05. The highest BCUT2D eigenvalue weighted by atomic mass is 35.5. The Bertz CT molecular complexity index is 996. The molecule has 1 heterocycles. The molecule has 0 saturated carbocycles. The molecule has 0 amide bonds. The summed E-state index contributed by atoms with van der Waals surface area (Å²) in [5.74, 6) is -0.569. The number of para-hydroxylation sites is 1. The largest absolute Gasteiger partial charge is 0.402 e. The lowest BCUT2D eigenvalue weighted by Gasteiger charge is -2.02. The van der Waals surface area contributed by atoms with Crippen molar-refractivity contribution in [2.24, 2.45) is 4.99 Å². The van der Waals surface area contributed by atoms with Gasteiger partial charge in [0.2, 0.25) is 5.90 Å². The van der Waals surface area contributed by atoms with Crippen molar-refractivity contribution in [1.82, 2.24) is 0 Å². The van der Waals surface area contributed by atoms with E-state index >= 15 is 0 Å². The first kappa shape index (κ1) is 17.8. The summed E-state index contributed by atoms with van der Waals surface area (Å²) < 4.78 is 5.12. The Hall–Kier alpha value is -2.96. The van der Waals surface area contributed by atoms with Gasteiger partial charge in [0.05, 0.1) is 21.1 Å². The molecule has 0 unspecified atom stereocenters. The number of ether oxygens (including phenoxy) is 1. The highest BCUT2D eigenvalue weighted by Crippen LogP contribution is 2.25. The van der Waals surface area contributed by atoms with Gasteiger partial charge in [-0.2, -0.15) is 0 Å². The second kappa shape index (κ2) is 7.51. The number of nitro benzene ring substituents is 1. The zero-order chi connectivity index (χ0) is 18.7. The molecule has 1 aliphatic rings. The molecular formula is C18H10Cl2N2O4. The van der Waals surface area contributed by atoms with Crippen molar-refractivity contribution in [1.29, 1.82) is 0 Å². The van der Waals surface area contributed by atoms with Crippen molar-refractivity contribution in [3.8, 4) is 0 Å². The Labute approximate surface area is 158 Å². The van der Waals surface area contributed by atoms with Crippen LogP contribution in [0.2, 0.25) is 10.0 Å². The zero-order valence-electron chi connectivity index (χ0n) is 13.1. The first-order valence-electron chi connectivity index (χ1n) is 7.34. The first-order valence-corrected chi connectivity index (χ1v) is 8.09. The lowest BCUT2D eigenvalue weighted by atomic mass is 10.1. The van der Waals surface area contributed by atoms with E-state index in [4.69, 9.17) is 27.9 Å². The fourth-order valence-electron chi connectivity index (χ4n) is 2.24. The van der Waals surface area contributed by atoms with E-state index in [2.05, 4.69) is 4.99 Å². The van der Waals surface area contributed by atoms with Crippen LogP contribution in [0.5, 0.6) is 0 Å². The minimum absolute atomic E-state index is 0.0340. The van der Waals surface area contributed by atoms with Crippen molar-refractivity contribution in [2.75, 3.05) is 0 Å². The predicted molar refractivity (Wildman–Crippen MR) is 99.3 cm³/mol. The molecule has 0 bridgehead atoms. The number of nitro groups is 1. The van der Waals surface area contributed by atoms with Crippen LogP contribution in [0.3, 0.4) is 0 Å². The first-order chi connectivity index (χ1) is 12.5. The predicted octanol–water partition coefficient (Wildman–Crippen LogP) is 4.80. The van der Waals surface area contributed by atoms with Gasteiger partial charge in [-0.25, -0.2) is 9.79 Å². The highest BCUT2D eigenvalue weighted by molar-refractivity contribution is 6.37. The average Bonchev–Trinajstić information content (AvgIpc) is 2.96. The number of rotatable bonds is 4. The van der Waals surface area contributed by atoms with Crippen molar-refractivity contribution in [2.45, 2.75) is 0 Å². The third-order valence-electron chi connectivity index (χ3n) is 3.45. The van der Waals surface area contributed by atoms with Crippen LogP contribution >= 0.6 is 23.2 Å². The number of benzene rings is 2. The standard InChI is InChI=1S/C18H10Cl2N2O4/c19-12-8-9-13(14(20)10-12)17-21-15(18(23)26-17)6-3-5-11-4-1-2-7-16(11)22(24)25/h1-10H. The summed E-state index contributed by atoms with van der Waals surface area (Å²) in [4.78, 5) is 26.6. The summed E-state index contributed by atoms with van der Waals surface area (Å²) in [6, 6.07) is 11.0. The molecule has 0 fully saturated rings. The fourth-order valence-corrected chi connectivity index (χ4v) is 2.73. The number of nitrogens with zero attached hydrogens (tertiary/aromatic N) is 2. The number of cyclic esters (lactones) is 1. The molecule has 0 saturated heterocycles. The van der Waals surface area contributed by atoms with Crippen molar-refractivity contribution < 1.29 is 14.5 Å². The van der Waals surface area contributed by atoms with Gasteiger partial charge in [-0.1, -0.05) is 41.4 Å². The van der Waals surface area contributed by atoms with Gasteiger partial charge in [0.15, 0.2) is 5.70 Å². The molecule has 0 spiro atoms. The number of hydrogen-bond acceptors (Lipinski definition) is 5. The normalized spacial score (nSPS) is 15.4. The SMILES string of the molecule is O=C1OC(c2ccc(Cl)cc2Cl)=NC1=CC=Cc1ccccc1[N+](=O)[O-]. The van der Waals surface area contributed by atoms with E-state index in [0.717, 1.165) is 0 Å². The molecule has 2 aromatic carbocycles. The maximum absolute atomic E-state index is 11.9. The number of halogens is 2. The van der Waals surface area contributed by atoms with Gasteiger partial charge in [0.25, 0.3) is 5.69 Å². The molecule has 130 valence electrons. The molecule has 0 N–H and O–H groups in total. The Morgan fingerprint density at radius 3 is 2.65 bits per heavy atom. The van der Waals surface area contributed by atoms with E-state index in [1.807, 2.05) is 0 Å². The number of allylic oxidation sites excluding steroid dienone is 2. The molecule has 0 atom stereocenters. The maximum atomic E-state index is 11.9. The Kier molecular flexibility index (Phi) is 5.16. The van der Waals surface area contributed by atoms with Crippen LogP contribution in [0.15, 0.2) is 65.3 Å². The molecule has 0 aromatic heterocycles. The van der Waals surface area contributed by atoms with Crippen LogP contribution in [-0.4, -0.2) is 16.8 Å². The minimum Gasteiger partial charge on any atom is -0.402 e. The molecule has 3 rings (SSSR count). The van der Waals surface area contributed by atoms with E-state index < -0.39 is 10.9 Å². The van der Waals surface area contributed by atoms with Gasteiger partial charge in [0, 0.05) is 11.1 Å².